The Morgan fingerprint density at radius 2 is 1.92 bits per heavy atom. The molecule has 0 fully saturated rings. The Kier molecular flexibility index (Phi) is 5.26. The maximum absolute atomic E-state index is 6.63. The average Bonchev–Trinajstić information content (AvgIpc) is 3.20. The van der Waals surface area contributed by atoms with Crippen molar-refractivity contribution >= 4 is 14.4 Å². The summed E-state index contributed by atoms with van der Waals surface area (Å²) >= 11 is 0. The van der Waals surface area contributed by atoms with Gasteiger partial charge in [-0.2, -0.15) is 0 Å². The molecule has 1 aromatic carbocycles. The topological polar surface area (TPSA) is 9.23 Å². The fourth-order valence-electron chi connectivity index (χ4n) is 3.72. The smallest absolute Gasteiger partial charge is 0.184 e. The normalized spacial score (nSPS) is 18.6. The summed E-state index contributed by atoms with van der Waals surface area (Å²) in [6.45, 7) is 9.25. The predicted octanol–water partition coefficient (Wildman–Crippen LogP) is 6.45. The van der Waals surface area contributed by atoms with Crippen molar-refractivity contribution in [3.63, 3.8) is 0 Å². The van der Waals surface area contributed by atoms with E-state index in [1.165, 1.54) is 23.1 Å². The van der Waals surface area contributed by atoms with Gasteiger partial charge >= 0.3 is 0 Å². The summed E-state index contributed by atoms with van der Waals surface area (Å²) in [5.41, 5.74) is 5.83. The van der Waals surface area contributed by atoms with Crippen molar-refractivity contribution in [2.24, 2.45) is 5.92 Å². The minimum atomic E-state index is -1.59. The molecule has 0 N–H and O–H groups in total. The summed E-state index contributed by atoms with van der Waals surface area (Å²) in [5, 5.41) is 0. The molecule has 0 aromatic heterocycles. The summed E-state index contributed by atoms with van der Waals surface area (Å²) < 4.78 is 6.63. The minimum Gasteiger partial charge on any atom is -0.411 e. The highest BCUT2D eigenvalue weighted by Crippen LogP contribution is 2.36. The minimum absolute atomic E-state index is 0.228. The van der Waals surface area contributed by atoms with Gasteiger partial charge in [-0.15, -0.1) is 0 Å². The van der Waals surface area contributed by atoms with Gasteiger partial charge in [-0.1, -0.05) is 61.1 Å². The first-order valence-corrected chi connectivity index (χ1v) is 12.7. The second-order valence-electron chi connectivity index (χ2n) is 8.10. The highest BCUT2D eigenvalue weighted by Gasteiger charge is 2.26. The number of allylic oxidation sites excluding steroid dienone is 5. The first-order chi connectivity index (χ1) is 11.4. The SMILES string of the molecule is CC(CCC(O[Si](C)(C)C)c1cccc2c1C=CC2)C1=CC=CC1. The molecular weight excluding hydrogens is 308 g/mol. The van der Waals surface area contributed by atoms with E-state index in [0.29, 0.717) is 5.92 Å². The quantitative estimate of drug-likeness (QED) is 0.519. The van der Waals surface area contributed by atoms with Crippen LogP contribution in [0.25, 0.3) is 6.08 Å². The van der Waals surface area contributed by atoms with Gasteiger partial charge in [0.25, 0.3) is 0 Å². The lowest BCUT2D eigenvalue weighted by Gasteiger charge is -2.29. The molecule has 0 aliphatic heterocycles. The van der Waals surface area contributed by atoms with Crippen LogP contribution in [0.4, 0.5) is 0 Å². The molecule has 3 rings (SSSR count). The van der Waals surface area contributed by atoms with Crippen molar-refractivity contribution in [1.82, 2.24) is 0 Å². The Bertz CT molecular complexity index is 676. The Hall–Kier alpha value is -1.38. The average molecular weight is 339 g/mol. The van der Waals surface area contributed by atoms with Crippen molar-refractivity contribution in [1.29, 1.82) is 0 Å². The first kappa shape index (κ1) is 17.4. The van der Waals surface area contributed by atoms with Gasteiger partial charge in [0, 0.05) is 0 Å². The summed E-state index contributed by atoms with van der Waals surface area (Å²) in [4.78, 5) is 0. The zero-order valence-electron chi connectivity index (χ0n) is 15.5. The standard InChI is InChI=1S/C22H30OSi/c1-17(18-9-5-6-10-18)15-16-22(23-24(2,3)4)21-14-8-12-19-11-7-13-20(19)21/h5-9,12-14,17,22H,10-11,15-16H2,1-4H3. The molecule has 1 nitrogen and oxygen atoms in total. The van der Waals surface area contributed by atoms with E-state index in [1.54, 1.807) is 5.57 Å². The maximum Gasteiger partial charge on any atom is 0.184 e. The van der Waals surface area contributed by atoms with E-state index in [-0.39, 0.29) is 6.10 Å². The van der Waals surface area contributed by atoms with Crippen LogP contribution in [0.15, 0.2) is 48.1 Å². The van der Waals surface area contributed by atoms with E-state index < -0.39 is 8.32 Å². The predicted molar refractivity (Wildman–Crippen MR) is 107 cm³/mol. The van der Waals surface area contributed by atoms with Gasteiger partial charge in [0.15, 0.2) is 8.32 Å². The molecule has 24 heavy (non-hydrogen) atoms. The van der Waals surface area contributed by atoms with Crippen molar-refractivity contribution in [2.45, 2.75) is 58.4 Å². The van der Waals surface area contributed by atoms with Gasteiger partial charge in [-0.05, 0) is 67.9 Å². The number of hydrogen-bond acceptors (Lipinski definition) is 1. The van der Waals surface area contributed by atoms with Crippen LogP contribution in [0, 0.1) is 5.92 Å². The molecule has 2 atom stereocenters. The summed E-state index contributed by atoms with van der Waals surface area (Å²) in [5.74, 6) is 0.639. The van der Waals surface area contributed by atoms with Crippen molar-refractivity contribution in [3.8, 4) is 0 Å². The van der Waals surface area contributed by atoms with Gasteiger partial charge in [-0.3, -0.25) is 0 Å². The molecule has 2 heteroatoms. The van der Waals surface area contributed by atoms with Gasteiger partial charge in [0.1, 0.15) is 0 Å². The molecule has 0 saturated heterocycles. The molecule has 0 heterocycles. The van der Waals surface area contributed by atoms with Crippen LogP contribution in [0.2, 0.25) is 19.6 Å². The summed E-state index contributed by atoms with van der Waals surface area (Å²) in [6.07, 6.45) is 16.0. The molecule has 0 spiro atoms. The van der Waals surface area contributed by atoms with Crippen LogP contribution in [0.5, 0.6) is 0 Å². The molecule has 0 amide bonds. The van der Waals surface area contributed by atoms with E-state index in [2.05, 4.69) is 75.1 Å². The zero-order chi connectivity index (χ0) is 17.2. The molecule has 0 bridgehead atoms. The molecule has 2 unspecified atom stereocenters. The first-order valence-electron chi connectivity index (χ1n) is 9.26. The van der Waals surface area contributed by atoms with Gasteiger partial charge in [0.2, 0.25) is 0 Å². The lowest BCUT2D eigenvalue weighted by atomic mass is 9.90. The Morgan fingerprint density at radius 3 is 2.62 bits per heavy atom. The van der Waals surface area contributed by atoms with Gasteiger partial charge < -0.3 is 4.43 Å². The number of fused-ring (bicyclic) bond motifs is 1. The second kappa shape index (κ2) is 7.24. The monoisotopic (exact) mass is 338 g/mol. The van der Waals surface area contributed by atoms with Crippen LogP contribution < -0.4 is 0 Å². The Balaban J connectivity index is 1.77. The Morgan fingerprint density at radius 1 is 1.08 bits per heavy atom. The van der Waals surface area contributed by atoms with E-state index in [9.17, 15) is 0 Å². The van der Waals surface area contributed by atoms with Crippen LogP contribution >= 0.6 is 0 Å². The molecule has 128 valence electrons. The largest absolute Gasteiger partial charge is 0.411 e. The summed E-state index contributed by atoms with van der Waals surface area (Å²) in [6, 6.07) is 6.73. The zero-order valence-corrected chi connectivity index (χ0v) is 16.5. The third-order valence-electron chi connectivity index (χ3n) is 4.99. The third kappa shape index (κ3) is 4.17. The molecular formula is C22H30OSi. The van der Waals surface area contributed by atoms with E-state index in [4.69, 9.17) is 4.43 Å². The molecule has 0 saturated carbocycles. The van der Waals surface area contributed by atoms with Crippen molar-refractivity contribution in [2.75, 3.05) is 0 Å². The maximum atomic E-state index is 6.63. The molecule has 2 aliphatic carbocycles. The van der Waals surface area contributed by atoms with E-state index in [1.807, 2.05) is 0 Å². The molecule has 2 aliphatic rings. The lowest BCUT2D eigenvalue weighted by molar-refractivity contribution is 0.179. The molecule has 1 aromatic rings. The fourth-order valence-corrected chi connectivity index (χ4v) is 4.82. The highest BCUT2D eigenvalue weighted by atomic mass is 28.4. The number of hydrogen-bond donors (Lipinski definition) is 0. The van der Waals surface area contributed by atoms with Crippen molar-refractivity contribution < 1.29 is 4.43 Å². The second-order valence-corrected chi connectivity index (χ2v) is 12.6. The van der Waals surface area contributed by atoms with Gasteiger partial charge in [-0.25, -0.2) is 0 Å². The number of benzene rings is 1. The van der Waals surface area contributed by atoms with Crippen LogP contribution in [-0.2, 0) is 10.8 Å². The van der Waals surface area contributed by atoms with Crippen LogP contribution in [0.3, 0.4) is 0 Å². The van der Waals surface area contributed by atoms with E-state index >= 15 is 0 Å². The Labute approximate surface area is 148 Å². The highest BCUT2D eigenvalue weighted by molar-refractivity contribution is 6.69. The third-order valence-corrected chi connectivity index (χ3v) is 5.98. The van der Waals surface area contributed by atoms with Crippen LogP contribution in [-0.4, -0.2) is 8.32 Å². The van der Waals surface area contributed by atoms with Crippen LogP contribution in [0.1, 0.15) is 49.0 Å². The number of rotatable bonds is 7. The van der Waals surface area contributed by atoms with E-state index in [0.717, 1.165) is 19.3 Å². The summed E-state index contributed by atoms with van der Waals surface area (Å²) in [7, 11) is -1.59. The molecule has 0 radical (unpaired) electrons. The lowest BCUT2D eigenvalue weighted by Crippen LogP contribution is -2.28. The fraction of sp³-hybridized carbons (Fsp3) is 0.455. The van der Waals surface area contributed by atoms with Crippen molar-refractivity contribution in [3.05, 3.63) is 64.8 Å². The van der Waals surface area contributed by atoms with Gasteiger partial charge in [0.05, 0.1) is 6.10 Å².